The molecule has 6 rings (SSSR count). The minimum absolute atomic E-state index is 0.348. The molecule has 0 aliphatic carbocycles. The van der Waals surface area contributed by atoms with Gasteiger partial charge >= 0.3 is 0 Å². The third-order valence-electron chi connectivity index (χ3n) is 7.87. The van der Waals surface area contributed by atoms with Gasteiger partial charge in [-0.3, -0.25) is 0 Å². The van der Waals surface area contributed by atoms with Crippen LogP contribution in [0.3, 0.4) is 0 Å². The summed E-state index contributed by atoms with van der Waals surface area (Å²) in [7, 11) is 1.65. The van der Waals surface area contributed by atoms with Crippen molar-refractivity contribution in [3.8, 4) is 11.5 Å². The number of methoxy groups -OCH3 is 1. The van der Waals surface area contributed by atoms with E-state index in [-0.39, 0.29) is 0 Å². The highest BCUT2D eigenvalue weighted by Crippen LogP contribution is 2.29. The van der Waals surface area contributed by atoms with Gasteiger partial charge in [0.25, 0.3) is 0 Å². The Morgan fingerprint density at radius 1 is 0.851 bits per heavy atom. The van der Waals surface area contributed by atoms with Crippen LogP contribution in [0.1, 0.15) is 29.5 Å². The Balaban J connectivity index is 1.20. The number of hydrogen-bond acceptors (Lipinski definition) is 9. The molecule has 240 valence electrons. The maximum absolute atomic E-state index is 6.26. The number of anilines is 4. The van der Waals surface area contributed by atoms with E-state index in [1.807, 2.05) is 48.5 Å². The first-order chi connectivity index (χ1) is 23.0. The predicted molar refractivity (Wildman–Crippen MR) is 205 cm³/mol. The van der Waals surface area contributed by atoms with Gasteiger partial charge in [-0.1, -0.05) is 60.7 Å². The van der Waals surface area contributed by atoms with E-state index in [4.69, 9.17) is 19.4 Å². The van der Waals surface area contributed by atoms with Crippen molar-refractivity contribution in [3.63, 3.8) is 0 Å². The number of halogens is 2. The summed E-state index contributed by atoms with van der Waals surface area (Å²) in [4.78, 5) is 16.5. The first kappa shape index (κ1) is 32.9. The highest BCUT2D eigenvalue weighted by Gasteiger charge is 2.23. The van der Waals surface area contributed by atoms with E-state index >= 15 is 0 Å². The van der Waals surface area contributed by atoms with Crippen molar-refractivity contribution in [1.82, 2.24) is 15.0 Å². The first-order valence-corrected chi connectivity index (χ1v) is 17.6. The van der Waals surface area contributed by atoms with Gasteiger partial charge in [0.1, 0.15) is 18.1 Å². The Hall–Kier alpha value is -3.98. The van der Waals surface area contributed by atoms with Crippen LogP contribution in [-0.4, -0.2) is 41.4 Å². The van der Waals surface area contributed by atoms with Crippen LogP contribution >= 0.6 is 45.2 Å². The van der Waals surface area contributed by atoms with Gasteiger partial charge in [0, 0.05) is 27.9 Å². The smallest absolute Gasteiger partial charge is 0.250 e. The number of benzene rings is 4. The van der Waals surface area contributed by atoms with Gasteiger partial charge < -0.3 is 19.7 Å². The Labute approximate surface area is 302 Å². The fraction of sp³-hybridized carbons (Fsp3) is 0.222. The monoisotopic (exact) mass is 851 g/mol. The van der Waals surface area contributed by atoms with E-state index in [1.165, 1.54) is 5.56 Å². The van der Waals surface area contributed by atoms with Gasteiger partial charge in [-0.25, -0.2) is 5.43 Å². The van der Waals surface area contributed by atoms with Crippen molar-refractivity contribution in [2.75, 3.05) is 35.8 Å². The second-order valence-electron chi connectivity index (χ2n) is 11.2. The maximum Gasteiger partial charge on any atom is 0.250 e. The molecule has 2 heterocycles. The van der Waals surface area contributed by atoms with Gasteiger partial charge in [0.15, 0.2) is 0 Å². The minimum atomic E-state index is 0.348. The fourth-order valence-electron chi connectivity index (χ4n) is 5.42. The number of hydrazone groups is 1. The molecule has 0 saturated carbocycles. The number of rotatable bonds is 12. The van der Waals surface area contributed by atoms with E-state index < -0.39 is 0 Å². The molecule has 11 heteroatoms. The summed E-state index contributed by atoms with van der Waals surface area (Å²) in [6, 6.07) is 32.6. The highest BCUT2D eigenvalue weighted by atomic mass is 127. The molecule has 1 aromatic heterocycles. The molecular formula is C36H35I2N7O2. The summed E-state index contributed by atoms with van der Waals surface area (Å²) < 4.78 is 13.7. The Morgan fingerprint density at radius 2 is 1.53 bits per heavy atom. The normalized spacial score (nSPS) is 13.5. The van der Waals surface area contributed by atoms with Crippen LogP contribution in [0.2, 0.25) is 0 Å². The van der Waals surface area contributed by atoms with E-state index in [2.05, 4.69) is 119 Å². The largest absolute Gasteiger partial charge is 0.497 e. The second-order valence-corrected chi connectivity index (χ2v) is 13.6. The quantitative estimate of drug-likeness (QED) is 0.0736. The van der Waals surface area contributed by atoms with Gasteiger partial charge in [0.05, 0.1) is 16.9 Å². The number of piperidine rings is 1. The molecule has 0 unspecified atom stereocenters. The summed E-state index contributed by atoms with van der Waals surface area (Å²) >= 11 is 4.62. The van der Waals surface area contributed by atoms with E-state index in [9.17, 15) is 0 Å². The number of nitrogens with zero attached hydrogens (tertiary/aromatic N) is 5. The lowest BCUT2D eigenvalue weighted by Gasteiger charge is -2.32. The zero-order chi connectivity index (χ0) is 32.4. The van der Waals surface area contributed by atoms with Crippen LogP contribution in [0.15, 0.2) is 102 Å². The number of aromatic nitrogens is 3. The molecule has 5 aromatic rings. The zero-order valence-electron chi connectivity index (χ0n) is 25.9. The molecule has 0 atom stereocenters. The van der Waals surface area contributed by atoms with Crippen molar-refractivity contribution >= 4 is 74.9 Å². The van der Waals surface area contributed by atoms with E-state index in [1.54, 1.807) is 13.3 Å². The van der Waals surface area contributed by atoms with E-state index in [0.29, 0.717) is 30.4 Å². The topological polar surface area (TPSA) is 96.8 Å². The maximum atomic E-state index is 6.26. The van der Waals surface area contributed by atoms with Crippen LogP contribution in [-0.2, 0) is 13.0 Å². The predicted octanol–water partition coefficient (Wildman–Crippen LogP) is 8.32. The summed E-state index contributed by atoms with van der Waals surface area (Å²) in [5.74, 6) is 3.57. The van der Waals surface area contributed by atoms with Gasteiger partial charge in [-0.05, 0) is 118 Å². The molecule has 0 spiro atoms. The van der Waals surface area contributed by atoms with Crippen molar-refractivity contribution in [3.05, 3.63) is 121 Å². The lowest BCUT2D eigenvalue weighted by molar-refractivity contribution is 0.303. The van der Waals surface area contributed by atoms with Gasteiger partial charge in [-0.15, -0.1) is 0 Å². The minimum Gasteiger partial charge on any atom is -0.497 e. The second kappa shape index (κ2) is 16.2. The molecule has 1 fully saturated rings. The zero-order valence-corrected chi connectivity index (χ0v) is 30.3. The van der Waals surface area contributed by atoms with Crippen molar-refractivity contribution in [1.29, 1.82) is 0 Å². The molecule has 1 aliphatic heterocycles. The molecule has 0 bridgehead atoms. The molecule has 2 N–H and O–H groups in total. The molecule has 0 amide bonds. The van der Waals surface area contributed by atoms with E-state index in [0.717, 1.165) is 67.8 Å². The lowest BCUT2D eigenvalue weighted by atomic mass is 9.90. The molecule has 1 saturated heterocycles. The lowest BCUT2D eigenvalue weighted by Crippen LogP contribution is -2.35. The Morgan fingerprint density at radius 3 is 2.23 bits per heavy atom. The summed E-state index contributed by atoms with van der Waals surface area (Å²) in [6.45, 7) is 2.20. The number of hydrogen-bond donors (Lipinski definition) is 2. The fourth-order valence-corrected chi connectivity index (χ4v) is 7.46. The molecule has 47 heavy (non-hydrogen) atoms. The Kier molecular flexibility index (Phi) is 11.4. The van der Waals surface area contributed by atoms with Crippen molar-refractivity contribution < 1.29 is 9.47 Å². The third kappa shape index (κ3) is 9.31. The summed E-state index contributed by atoms with van der Waals surface area (Å²) in [5.41, 5.74) is 7.24. The van der Waals surface area contributed by atoms with Crippen LogP contribution in [0.25, 0.3) is 0 Å². The molecule has 0 radical (unpaired) electrons. The van der Waals surface area contributed by atoms with Crippen LogP contribution < -0.4 is 25.1 Å². The SMILES string of the molecule is COc1ccc(Nc2nc(N/N=C\c3cc(I)cc(I)c3OCc3ccccc3)nc(N3CCC(Cc4ccccc4)CC3)n2)cc1. The highest BCUT2D eigenvalue weighted by molar-refractivity contribution is 14.1. The standard InChI is InChI=1S/C36H35I2N7O2/c1-46-31-14-12-30(13-15-31)40-34-41-35(43-36(42-34)45-18-16-26(17-19-45)20-25-8-4-2-5-9-25)44-39-23-28-21-29(37)22-32(38)33(28)47-24-27-10-6-3-7-11-27/h2-15,21-23,26H,16-20,24H2,1H3,(H2,40,41,42,43,44)/b39-23-. The first-order valence-electron chi connectivity index (χ1n) is 15.4. The van der Waals surface area contributed by atoms with Crippen molar-refractivity contribution in [2.45, 2.75) is 25.9 Å². The molecular weight excluding hydrogens is 816 g/mol. The molecule has 1 aliphatic rings. The van der Waals surface area contributed by atoms with Crippen LogP contribution in [0.5, 0.6) is 11.5 Å². The van der Waals surface area contributed by atoms with Crippen molar-refractivity contribution in [2.24, 2.45) is 11.0 Å². The molecule has 9 nitrogen and oxygen atoms in total. The summed E-state index contributed by atoms with van der Waals surface area (Å²) in [5, 5.41) is 7.87. The average Bonchev–Trinajstić information content (AvgIpc) is 3.09. The van der Waals surface area contributed by atoms with Gasteiger partial charge in [0.2, 0.25) is 17.8 Å². The Bertz CT molecular complexity index is 1780. The summed E-state index contributed by atoms with van der Waals surface area (Å²) in [6.07, 6.45) is 4.98. The van der Waals surface area contributed by atoms with Gasteiger partial charge in [-0.2, -0.15) is 20.1 Å². The molecule has 4 aromatic carbocycles. The number of ether oxygens (including phenoxy) is 2. The van der Waals surface area contributed by atoms with Crippen LogP contribution in [0, 0.1) is 13.1 Å². The van der Waals surface area contributed by atoms with Crippen LogP contribution in [0.4, 0.5) is 23.5 Å². The third-order valence-corrected chi connectivity index (χ3v) is 9.29. The average molecular weight is 852 g/mol. The number of nitrogens with one attached hydrogen (secondary N) is 2.